The van der Waals surface area contributed by atoms with Crippen LogP contribution in [0.5, 0.6) is 0 Å². The molecule has 0 spiro atoms. The van der Waals surface area contributed by atoms with Gasteiger partial charge in [-0.25, -0.2) is 0 Å². The minimum absolute atomic E-state index is 0.0504. The highest BCUT2D eigenvalue weighted by Gasteiger charge is 2.21. The van der Waals surface area contributed by atoms with Gasteiger partial charge in [-0.3, -0.25) is 4.79 Å². The highest BCUT2D eigenvalue weighted by Crippen LogP contribution is 2.24. The topological polar surface area (TPSA) is 20.3 Å². The predicted octanol–water partition coefficient (Wildman–Crippen LogP) is 4.74. The monoisotopic (exact) mass is 393 g/mol. The Morgan fingerprint density at radius 2 is 1.71 bits per heavy atom. The first kappa shape index (κ1) is 16.0. The molecule has 0 radical (unpaired) electrons. The number of carbonyl (C=O) groups excluding carboxylic acids is 1. The van der Waals surface area contributed by atoms with E-state index >= 15 is 0 Å². The molecule has 0 aliphatic heterocycles. The zero-order valence-corrected chi connectivity index (χ0v) is 15.0. The molecule has 2 aromatic carbocycles. The Balaban J connectivity index is 2.26. The Morgan fingerprint density at radius 3 is 2.33 bits per heavy atom. The van der Waals surface area contributed by atoms with Gasteiger partial charge in [0.2, 0.25) is 0 Å². The van der Waals surface area contributed by atoms with Gasteiger partial charge in [0.25, 0.3) is 5.91 Å². The lowest BCUT2D eigenvalue weighted by atomic mass is 10.0. The maximum absolute atomic E-state index is 12.7. The molecule has 2 nitrogen and oxygen atoms in total. The first-order valence-electron chi connectivity index (χ1n) is 7.00. The van der Waals surface area contributed by atoms with Gasteiger partial charge in [0.15, 0.2) is 0 Å². The summed E-state index contributed by atoms with van der Waals surface area (Å²) >= 11 is 2.25. The van der Waals surface area contributed by atoms with Gasteiger partial charge in [0, 0.05) is 10.6 Å². The lowest BCUT2D eigenvalue weighted by molar-refractivity contribution is 0.0741. The summed E-state index contributed by atoms with van der Waals surface area (Å²) in [7, 11) is 1.87. The lowest BCUT2D eigenvalue weighted by Crippen LogP contribution is -2.30. The van der Waals surface area contributed by atoms with E-state index in [1.165, 1.54) is 5.56 Å². The van der Waals surface area contributed by atoms with E-state index in [2.05, 4.69) is 60.7 Å². The molecule has 21 heavy (non-hydrogen) atoms. The Bertz CT molecular complexity index is 649. The van der Waals surface area contributed by atoms with Crippen LogP contribution >= 0.6 is 22.6 Å². The van der Waals surface area contributed by atoms with Crippen LogP contribution < -0.4 is 0 Å². The van der Waals surface area contributed by atoms with Gasteiger partial charge in [0.05, 0.1) is 11.6 Å². The molecule has 0 fully saturated rings. The molecular weight excluding hydrogens is 373 g/mol. The second-order valence-electron chi connectivity index (χ2n) is 5.44. The van der Waals surface area contributed by atoms with E-state index in [0.717, 1.165) is 20.3 Å². The molecule has 110 valence electrons. The van der Waals surface area contributed by atoms with Gasteiger partial charge < -0.3 is 4.90 Å². The minimum Gasteiger partial charge on any atom is -0.335 e. The number of halogens is 1. The second kappa shape index (κ2) is 6.60. The van der Waals surface area contributed by atoms with Gasteiger partial charge in [-0.15, -0.1) is 0 Å². The summed E-state index contributed by atoms with van der Waals surface area (Å²) < 4.78 is 1.03. The highest BCUT2D eigenvalue weighted by molar-refractivity contribution is 14.1. The third-order valence-electron chi connectivity index (χ3n) is 3.88. The molecule has 1 atom stereocenters. The number of amides is 1. The molecule has 0 bridgehead atoms. The molecule has 1 unspecified atom stereocenters. The van der Waals surface area contributed by atoms with E-state index in [1.807, 2.05) is 37.1 Å². The first-order chi connectivity index (χ1) is 9.91. The van der Waals surface area contributed by atoms with E-state index in [0.29, 0.717) is 0 Å². The summed E-state index contributed by atoms with van der Waals surface area (Å²) in [6, 6.07) is 14.3. The summed E-state index contributed by atoms with van der Waals surface area (Å²) in [6.45, 7) is 6.16. The number of carbonyl (C=O) groups is 1. The molecular formula is C18H20INO. The van der Waals surface area contributed by atoms with E-state index < -0.39 is 0 Å². The van der Waals surface area contributed by atoms with Crippen LogP contribution in [0, 0.1) is 17.4 Å². The smallest absolute Gasteiger partial charge is 0.255 e. The van der Waals surface area contributed by atoms with Crippen LogP contribution in [-0.4, -0.2) is 17.9 Å². The van der Waals surface area contributed by atoms with Crippen molar-refractivity contribution in [1.29, 1.82) is 0 Å². The molecule has 2 aromatic rings. The van der Waals surface area contributed by atoms with Gasteiger partial charge in [0.1, 0.15) is 0 Å². The zero-order chi connectivity index (χ0) is 15.6. The zero-order valence-electron chi connectivity index (χ0n) is 12.9. The Hall–Kier alpha value is -1.36. The third-order valence-corrected chi connectivity index (χ3v) is 5.32. The second-order valence-corrected chi connectivity index (χ2v) is 6.52. The number of aryl methyl sites for hydroxylation is 2. The fourth-order valence-electron chi connectivity index (χ4n) is 2.25. The predicted molar refractivity (Wildman–Crippen MR) is 95.6 cm³/mol. The standard InChI is InChI=1S/C18H20INO/c1-12-8-10-15(11-9-12)14(3)20(4)18(21)16-7-5-6-13(2)17(16)19/h5-11,14H,1-4H3. The van der Waals surface area contributed by atoms with Crippen LogP contribution in [0.2, 0.25) is 0 Å². The normalized spacial score (nSPS) is 12.0. The van der Waals surface area contributed by atoms with Crippen LogP contribution in [0.1, 0.15) is 40.0 Å². The first-order valence-corrected chi connectivity index (χ1v) is 8.08. The quantitative estimate of drug-likeness (QED) is 0.690. The summed E-state index contributed by atoms with van der Waals surface area (Å²) in [5, 5.41) is 0. The van der Waals surface area contributed by atoms with Gasteiger partial charge in [-0.2, -0.15) is 0 Å². The fraction of sp³-hybridized carbons (Fsp3) is 0.278. The average Bonchev–Trinajstić information content (AvgIpc) is 2.48. The summed E-state index contributed by atoms with van der Waals surface area (Å²) in [4.78, 5) is 14.5. The van der Waals surface area contributed by atoms with Crippen LogP contribution in [-0.2, 0) is 0 Å². The Kier molecular flexibility index (Phi) is 5.04. The molecule has 3 heteroatoms. The summed E-state index contributed by atoms with van der Waals surface area (Å²) in [5.41, 5.74) is 4.29. The van der Waals surface area contributed by atoms with Crippen molar-refractivity contribution in [3.8, 4) is 0 Å². The van der Waals surface area contributed by atoms with Crippen molar-refractivity contribution in [2.45, 2.75) is 26.8 Å². The Labute approximate surface area is 140 Å². The van der Waals surface area contributed by atoms with E-state index in [-0.39, 0.29) is 11.9 Å². The number of benzene rings is 2. The van der Waals surface area contributed by atoms with Gasteiger partial charge in [-0.1, -0.05) is 42.0 Å². The van der Waals surface area contributed by atoms with E-state index in [9.17, 15) is 4.79 Å². The van der Waals surface area contributed by atoms with Crippen molar-refractivity contribution in [1.82, 2.24) is 4.90 Å². The van der Waals surface area contributed by atoms with Crippen molar-refractivity contribution in [2.24, 2.45) is 0 Å². The molecule has 2 rings (SSSR count). The molecule has 0 saturated carbocycles. The largest absolute Gasteiger partial charge is 0.335 e. The molecule has 0 heterocycles. The number of nitrogens with zero attached hydrogens (tertiary/aromatic N) is 1. The SMILES string of the molecule is Cc1ccc(C(C)N(C)C(=O)c2cccc(C)c2I)cc1. The van der Waals surface area contributed by atoms with Crippen molar-refractivity contribution < 1.29 is 4.79 Å². The van der Waals surface area contributed by atoms with Crippen LogP contribution in [0.15, 0.2) is 42.5 Å². The minimum atomic E-state index is 0.0504. The summed E-state index contributed by atoms with van der Waals surface area (Å²) in [5.74, 6) is 0.0659. The third kappa shape index (κ3) is 3.46. The molecule has 0 aliphatic carbocycles. The highest BCUT2D eigenvalue weighted by atomic mass is 127. The van der Waals surface area contributed by atoms with Crippen molar-refractivity contribution in [3.63, 3.8) is 0 Å². The van der Waals surface area contributed by atoms with Crippen molar-refractivity contribution in [2.75, 3.05) is 7.05 Å². The Morgan fingerprint density at radius 1 is 1.10 bits per heavy atom. The molecule has 0 N–H and O–H groups in total. The maximum Gasteiger partial charge on any atom is 0.255 e. The van der Waals surface area contributed by atoms with E-state index in [4.69, 9.17) is 0 Å². The summed E-state index contributed by atoms with van der Waals surface area (Å²) in [6.07, 6.45) is 0. The van der Waals surface area contributed by atoms with E-state index in [1.54, 1.807) is 0 Å². The van der Waals surface area contributed by atoms with Gasteiger partial charge in [-0.05, 0) is 60.6 Å². The van der Waals surface area contributed by atoms with Gasteiger partial charge >= 0.3 is 0 Å². The maximum atomic E-state index is 12.7. The van der Waals surface area contributed by atoms with Crippen LogP contribution in [0.4, 0.5) is 0 Å². The van der Waals surface area contributed by atoms with Crippen molar-refractivity contribution in [3.05, 3.63) is 68.3 Å². The number of hydrogen-bond acceptors (Lipinski definition) is 1. The molecule has 0 aliphatic rings. The van der Waals surface area contributed by atoms with Crippen LogP contribution in [0.25, 0.3) is 0 Å². The molecule has 0 saturated heterocycles. The number of hydrogen-bond donors (Lipinski definition) is 0. The van der Waals surface area contributed by atoms with Crippen molar-refractivity contribution >= 4 is 28.5 Å². The number of rotatable bonds is 3. The molecule has 0 aromatic heterocycles. The van der Waals surface area contributed by atoms with Crippen LogP contribution in [0.3, 0.4) is 0 Å². The molecule has 1 amide bonds. The fourth-order valence-corrected chi connectivity index (χ4v) is 2.84. The lowest BCUT2D eigenvalue weighted by Gasteiger charge is -2.26. The average molecular weight is 393 g/mol.